The van der Waals surface area contributed by atoms with Gasteiger partial charge in [0.1, 0.15) is 5.76 Å². The highest BCUT2D eigenvalue weighted by atomic mass is 16.3. The number of carbonyl (C=O) groups is 1. The predicted molar refractivity (Wildman–Crippen MR) is 65.1 cm³/mol. The molecule has 1 amide bonds. The Balaban J connectivity index is 1.86. The Morgan fingerprint density at radius 1 is 1.65 bits per heavy atom. The summed E-state index contributed by atoms with van der Waals surface area (Å²) < 4.78 is 5.26. The first kappa shape index (κ1) is 12.2. The van der Waals surface area contributed by atoms with Crippen molar-refractivity contribution in [3.63, 3.8) is 0 Å². The second kappa shape index (κ2) is 5.36. The molecular formula is C13H20N2O2. The van der Waals surface area contributed by atoms with Gasteiger partial charge in [-0.15, -0.1) is 0 Å². The molecule has 1 saturated carbocycles. The summed E-state index contributed by atoms with van der Waals surface area (Å²) in [5, 5.41) is 0. The molecule has 1 aromatic heterocycles. The van der Waals surface area contributed by atoms with Crippen LogP contribution in [-0.4, -0.2) is 23.4 Å². The van der Waals surface area contributed by atoms with Crippen LogP contribution in [0.1, 0.15) is 31.9 Å². The molecule has 1 aromatic rings. The minimum Gasteiger partial charge on any atom is -0.467 e. The van der Waals surface area contributed by atoms with Crippen LogP contribution in [0, 0.1) is 5.92 Å². The van der Waals surface area contributed by atoms with Gasteiger partial charge in [-0.25, -0.2) is 0 Å². The summed E-state index contributed by atoms with van der Waals surface area (Å²) in [5.41, 5.74) is 5.97. The molecule has 0 aliphatic heterocycles. The quantitative estimate of drug-likeness (QED) is 0.818. The molecule has 4 nitrogen and oxygen atoms in total. The van der Waals surface area contributed by atoms with Gasteiger partial charge in [0.15, 0.2) is 0 Å². The van der Waals surface area contributed by atoms with E-state index in [0.717, 1.165) is 5.76 Å². The molecule has 2 N–H and O–H groups in total. The van der Waals surface area contributed by atoms with Crippen LogP contribution in [0.5, 0.6) is 0 Å². The third-order valence-electron chi connectivity index (χ3n) is 3.30. The van der Waals surface area contributed by atoms with Crippen molar-refractivity contribution in [3.8, 4) is 0 Å². The van der Waals surface area contributed by atoms with Crippen LogP contribution >= 0.6 is 0 Å². The van der Waals surface area contributed by atoms with Crippen molar-refractivity contribution >= 4 is 5.91 Å². The summed E-state index contributed by atoms with van der Waals surface area (Å²) in [6.45, 7) is 3.21. The highest BCUT2D eigenvalue weighted by molar-refractivity contribution is 5.76. The number of amides is 1. The monoisotopic (exact) mass is 236 g/mol. The average Bonchev–Trinajstić information content (AvgIpc) is 3.04. The Morgan fingerprint density at radius 2 is 2.41 bits per heavy atom. The van der Waals surface area contributed by atoms with E-state index in [9.17, 15) is 4.79 Å². The van der Waals surface area contributed by atoms with Crippen LogP contribution in [0.3, 0.4) is 0 Å². The maximum absolute atomic E-state index is 12.0. The van der Waals surface area contributed by atoms with Gasteiger partial charge in [0, 0.05) is 19.0 Å². The summed E-state index contributed by atoms with van der Waals surface area (Å²) in [6.07, 6.45) is 4.44. The first-order valence-electron chi connectivity index (χ1n) is 6.26. The molecule has 0 spiro atoms. The van der Waals surface area contributed by atoms with E-state index >= 15 is 0 Å². The highest BCUT2D eigenvalue weighted by Gasteiger charge is 2.30. The Hall–Kier alpha value is -1.29. The van der Waals surface area contributed by atoms with Crippen LogP contribution in [-0.2, 0) is 11.3 Å². The molecule has 0 saturated heterocycles. The lowest BCUT2D eigenvalue weighted by Gasteiger charge is -2.21. The lowest BCUT2D eigenvalue weighted by atomic mass is 10.1. The molecule has 0 bridgehead atoms. The fraction of sp³-hybridized carbons (Fsp3) is 0.615. The van der Waals surface area contributed by atoms with E-state index in [4.69, 9.17) is 10.2 Å². The molecule has 1 heterocycles. The zero-order valence-corrected chi connectivity index (χ0v) is 10.3. The van der Waals surface area contributed by atoms with Crippen LogP contribution in [0.4, 0.5) is 0 Å². The molecule has 1 unspecified atom stereocenters. The molecule has 0 radical (unpaired) electrons. The average molecular weight is 236 g/mol. The lowest BCUT2D eigenvalue weighted by Crippen LogP contribution is -2.36. The van der Waals surface area contributed by atoms with Gasteiger partial charge in [0.05, 0.1) is 12.8 Å². The Kier molecular flexibility index (Phi) is 3.84. The van der Waals surface area contributed by atoms with Gasteiger partial charge in [0.25, 0.3) is 0 Å². The highest BCUT2D eigenvalue weighted by Crippen LogP contribution is 2.33. The summed E-state index contributed by atoms with van der Waals surface area (Å²) in [7, 11) is 0. The van der Waals surface area contributed by atoms with Crippen LogP contribution in [0.15, 0.2) is 22.8 Å². The molecule has 94 valence electrons. The lowest BCUT2D eigenvalue weighted by molar-refractivity contribution is -0.132. The van der Waals surface area contributed by atoms with Gasteiger partial charge in [-0.2, -0.15) is 0 Å². The van der Waals surface area contributed by atoms with Crippen LogP contribution < -0.4 is 5.73 Å². The Morgan fingerprint density at radius 3 is 2.94 bits per heavy atom. The standard InChI is InChI=1S/C13H20N2O2/c1-2-15(9-11-4-3-7-17-11)13(16)8-12(14)10-5-6-10/h3-4,7,10,12H,2,5-6,8-9,14H2,1H3. The van der Waals surface area contributed by atoms with E-state index in [1.54, 1.807) is 11.2 Å². The molecule has 17 heavy (non-hydrogen) atoms. The van der Waals surface area contributed by atoms with E-state index < -0.39 is 0 Å². The van der Waals surface area contributed by atoms with E-state index in [2.05, 4.69) is 0 Å². The summed E-state index contributed by atoms with van der Waals surface area (Å²) in [5.74, 6) is 1.52. The fourth-order valence-electron chi connectivity index (χ4n) is 1.99. The molecule has 1 aliphatic carbocycles. The summed E-state index contributed by atoms with van der Waals surface area (Å²) >= 11 is 0. The molecule has 2 rings (SSSR count). The number of hydrogen-bond acceptors (Lipinski definition) is 3. The van der Waals surface area contributed by atoms with Crippen molar-refractivity contribution < 1.29 is 9.21 Å². The summed E-state index contributed by atoms with van der Waals surface area (Å²) in [4.78, 5) is 13.8. The number of rotatable bonds is 6. The third-order valence-corrected chi connectivity index (χ3v) is 3.30. The number of furan rings is 1. The smallest absolute Gasteiger partial charge is 0.224 e. The van der Waals surface area contributed by atoms with Crippen molar-refractivity contribution in [1.82, 2.24) is 4.90 Å². The predicted octanol–water partition coefficient (Wildman–Crippen LogP) is 1.76. The zero-order chi connectivity index (χ0) is 12.3. The second-order valence-electron chi connectivity index (χ2n) is 4.69. The Bertz CT molecular complexity index is 358. The fourth-order valence-corrected chi connectivity index (χ4v) is 1.99. The van der Waals surface area contributed by atoms with Gasteiger partial charge in [-0.1, -0.05) is 0 Å². The van der Waals surface area contributed by atoms with Crippen molar-refractivity contribution in [1.29, 1.82) is 0 Å². The maximum Gasteiger partial charge on any atom is 0.224 e. The molecule has 1 fully saturated rings. The van der Waals surface area contributed by atoms with Gasteiger partial charge in [-0.05, 0) is 37.8 Å². The molecule has 1 atom stereocenters. The molecule has 0 aromatic carbocycles. The zero-order valence-electron chi connectivity index (χ0n) is 10.3. The first-order chi connectivity index (χ1) is 8.20. The topological polar surface area (TPSA) is 59.5 Å². The molecule has 1 aliphatic rings. The van der Waals surface area contributed by atoms with Gasteiger partial charge >= 0.3 is 0 Å². The largest absolute Gasteiger partial charge is 0.467 e. The van der Waals surface area contributed by atoms with Crippen molar-refractivity contribution in [3.05, 3.63) is 24.2 Å². The second-order valence-corrected chi connectivity index (χ2v) is 4.69. The number of nitrogens with zero attached hydrogens (tertiary/aromatic N) is 1. The number of nitrogens with two attached hydrogens (primary N) is 1. The molecular weight excluding hydrogens is 216 g/mol. The number of carbonyl (C=O) groups excluding carboxylic acids is 1. The molecule has 4 heteroatoms. The van der Waals surface area contributed by atoms with E-state index in [0.29, 0.717) is 25.4 Å². The van der Waals surface area contributed by atoms with Gasteiger partial charge < -0.3 is 15.1 Å². The van der Waals surface area contributed by atoms with Crippen LogP contribution in [0.25, 0.3) is 0 Å². The number of hydrogen-bond donors (Lipinski definition) is 1. The Labute approximate surface area is 102 Å². The van der Waals surface area contributed by atoms with Gasteiger partial charge in [0.2, 0.25) is 5.91 Å². The van der Waals surface area contributed by atoms with Crippen molar-refractivity contribution in [2.75, 3.05) is 6.54 Å². The van der Waals surface area contributed by atoms with E-state index in [1.807, 2.05) is 19.1 Å². The van der Waals surface area contributed by atoms with E-state index in [1.165, 1.54) is 12.8 Å². The van der Waals surface area contributed by atoms with Crippen molar-refractivity contribution in [2.24, 2.45) is 11.7 Å². The van der Waals surface area contributed by atoms with Gasteiger partial charge in [-0.3, -0.25) is 4.79 Å². The third kappa shape index (κ3) is 3.33. The van der Waals surface area contributed by atoms with Crippen molar-refractivity contribution in [2.45, 2.75) is 38.8 Å². The minimum atomic E-state index is 0.0353. The SMILES string of the molecule is CCN(Cc1ccco1)C(=O)CC(N)C1CC1. The van der Waals surface area contributed by atoms with Crippen LogP contribution in [0.2, 0.25) is 0 Å². The summed E-state index contributed by atoms with van der Waals surface area (Å²) in [6, 6.07) is 3.76. The minimum absolute atomic E-state index is 0.0353. The van der Waals surface area contributed by atoms with E-state index in [-0.39, 0.29) is 11.9 Å². The maximum atomic E-state index is 12.0. The first-order valence-corrected chi connectivity index (χ1v) is 6.26. The normalized spacial score (nSPS) is 16.8.